The zero-order valence-corrected chi connectivity index (χ0v) is 12.5. The lowest BCUT2D eigenvalue weighted by Crippen LogP contribution is -2.37. The van der Waals surface area contributed by atoms with Crippen molar-refractivity contribution in [2.24, 2.45) is 0 Å². The van der Waals surface area contributed by atoms with Gasteiger partial charge in [-0.2, -0.15) is 0 Å². The maximum atomic E-state index is 9.38. The molecule has 1 aromatic carbocycles. The number of methoxy groups -OCH3 is 1. The molecule has 1 fully saturated rings. The molecule has 0 amide bonds. The molecular formula is C16H25NO3. The Kier molecular flexibility index (Phi) is 5.68. The molecule has 4 nitrogen and oxygen atoms in total. The zero-order chi connectivity index (χ0) is 14.4. The molecule has 0 saturated carbocycles. The Labute approximate surface area is 121 Å². The summed E-state index contributed by atoms with van der Waals surface area (Å²) in [5.41, 5.74) is 0.779. The van der Waals surface area contributed by atoms with Crippen LogP contribution in [0, 0.1) is 0 Å². The first-order chi connectivity index (χ1) is 9.74. The van der Waals surface area contributed by atoms with E-state index in [-0.39, 0.29) is 6.61 Å². The van der Waals surface area contributed by atoms with E-state index < -0.39 is 0 Å². The Morgan fingerprint density at radius 3 is 2.90 bits per heavy atom. The van der Waals surface area contributed by atoms with E-state index in [0.29, 0.717) is 12.6 Å². The molecule has 0 aromatic heterocycles. The number of rotatable bonds is 6. The second kappa shape index (κ2) is 7.50. The highest BCUT2D eigenvalue weighted by atomic mass is 16.5. The number of benzene rings is 1. The van der Waals surface area contributed by atoms with Gasteiger partial charge in [-0.3, -0.25) is 0 Å². The first-order valence-electron chi connectivity index (χ1n) is 7.35. The van der Waals surface area contributed by atoms with Gasteiger partial charge in [0.25, 0.3) is 0 Å². The van der Waals surface area contributed by atoms with Gasteiger partial charge in [0, 0.05) is 11.6 Å². The summed E-state index contributed by atoms with van der Waals surface area (Å²) in [4.78, 5) is 2.42. The molecule has 0 radical (unpaired) electrons. The molecule has 2 rings (SSSR count). The fraction of sp³-hybridized carbons (Fsp3) is 0.625. The second-order valence-corrected chi connectivity index (χ2v) is 5.40. The second-order valence-electron chi connectivity index (χ2n) is 5.40. The third kappa shape index (κ3) is 3.87. The first-order valence-corrected chi connectivity index (χ1v) is 7.35. The van der Waals surface area contributed by atoms with E-state index in [4.69, 9.17) is 9.47 Å². The van der Waals surface area contributed by atoms with E-state index in [1.54, 1.807) is 7.11 Å². The molecule has 1 N–H and O–H groups in total. The fourth-order valence-corrected chi connectivity index (χ4v) is 2.76. The maximum absolute atomic E-state index is 9.38. The maximum Gasteiger partial charge on any atom is 0.125 e. The lowest BCUT2D eigenvalue weighted by molar-refractivity contribution is 0.152. The van der Waals surface area contributed by atoms with E-state index in [0.717, 1.165) is 23.5 Å². The molecule has 1 saturated heterocycles. The number of hydrogen-bond donors (Lipinski definition) is 1. The fourth-order valence-electron chi connectivity index (χ4n) is 2.76. The van der Waals surface area contributed by atoms with E-state index in [1.807, 2.05) is 18.2 Å². The van der Waals surface area contributed by atoms with Crippen LogP contribution in [0.3, 0.4) is 0 Å². The van der Waals surface area contributed by atoms with Crippen molar-refractivity contribution >= 4 is 0 Å². The molecule has 0 spiro atoms. The summed E-state index contributed by atoms with van der Waals surface area (Å²) in [7, 11) is 3.81. The molecule has 112 valence electrons. The first kappa shape index (κ1) is 15.1. The van der Waals surface area contributed by atoms with E-state index in [9.17, 15) is 5.11 Å². The van der Waals surface area contributed by atoms with Gasteiger partial charge >= 0.3 is 0 Å². The van der Waals surface area contributed by atoms with Crippen LogP contribution < -0.4 is 9.47 Å². The normalized spacial score (nSPS) is 19.9. The van der Waals surface area contributed by atoms with E-state index >= 15 is 0 Å². The minimum atomic E-state index is -0.0319. The van der Waals surface area contributed by atoms with Crippen molar-refractivity contribution in [2.45, 2.75) is 38.3 Å². The van der Waals surface area contributed by atoms with Crippen LogP contribution in [0.5, 0.6) is 11.5 Å². The van der Waals surface area contributed by atoms with Crippen LogP contribution in [0.15, 0.2) is 18.2 Å². The SMILES string of the molecule is COc1ccc(OCCC2CCCCN2C)c(CO)c1. The summed E-state index contributed by atoms with van der Waals surface area (Å²) < 4.78 is 11.0. The molecule has 1 atom stereocenters. The summed E-state index contributed by atoms with van der Waals surface area (Å²) in [5.74, 6) is 1.50. The van der Waals surface area contributed by atoms with Crippen molar-refractivity contribution in [1.82, 2.24) is 4.90 Å². The Morgan fingerprint density at radius 2 is 2.20 bits per heavy atom. The molecular weight excluding hydrogens is 254 g/mol. The van der Waals surface area contributed by atoms with Gasteiger partial charge in [-0.25, -0.2) is 0 Å². The van der Waals surface area contributed by atoms with Crippen LogP contribution in [0.25, 0.3) is 0 Å². The molecule has 0 bridgehead atoms. The number of ether oxygens (including phenoxy) is 2. The Bertz CT molecular complexity index is 422. The van der Waals surface area contributed by atoms with E-state index in [1.165, 1.54) is 25.8 Å². The predicted octanol–water partition coefficient (Wildman–Crippen LogP) is 2.44. The summed E-state index contributed by atoms with van der Waals surface area (Å²) in [6, 6.07) is 6.18. The van der Waals surface area contributed by atoms with Gasteiger partial charge in [0.1, 0.15) is 11.5 Å². The highest BCUT2D eigenvalue weighted by molar-refractivity contribution is 5.39. The van der Waals surface area contributed by atoms with Crippen molar-refractivity contribution in [3.05, 3.63) is 23.8 Å². The number of likely N-dealkylation sites (tertiary alicyclic amines) is 1. The van der Waals surface area contributed by atoms with Crippen LogP contribution in [0.4, 0.5) is 0 Å². The van der Waals surface area contributed by atoms with Crippen molar-refractivity contribution in [2.75, 3.05) is 27.3 Å². The van der Waals surface area contributed by atoms with Gasteiger partial charge < -0.3 is 19.5 Å². The lowest BCUT2D eigenvalue weighted by atomic mass is 10.0. The number of hydrogen-bond acceptors (Lipinski definition) is 4. The summed E-state index contributed by atoms with van der Waals surface area (Å²) >= 11 is 0. The standard InChI is InChI=1S/C16H25NO3/c1-17-9-4-3-5-14(17)8-10-20-16-7-6-15(19-2)11-13(16)12-18/h6-7,11,14,18H,3-5,8-10,12H2,1-2H3. The monoisotopic (exact) mass is 279 g/mol. The summed E-state index contributed by atoms with van der Waals surface area (Å²) in [6.45, 7) is 1.85. The minimum Gasteiger partial charge on any atom is -0.497 e. The molecule has 1 aliphatic rings. The number of nitrogens with zero attached hydrogens (tertiary/aromatic N) is 1. The average molecular weight is 279 g/mol. The Morgan fingerprint density at radius 1 is 1.35 bits per heavy atom. The summed E-state index contributed by atoms with van der Waals surface area (Å²) in [6.07, 6.45) is 4.92. The quantitative estimate of drug-likeness (QED) is 0.868. The van der Waals surface area contributed by atoms with Crippen LogP contribution in [0.1, 0.15) is 31.2 Å². The zero-order valence-electron chi connectivity index (χ0n) is 12.5. The van der Waals surface area contributed by atoms with Crippen molar-refractivity contribution in [3.63, 3.8) is 0 Å². The molecule has 0 aliphatic carbocycles. The number of aliphatic hydroxyl groups is 1. The molecule has 1 unspecified atom stereocenters. The lowest BCUT2D eigenvalue weighted by Gasteiger charge is -2.32. The highest BCUT2D eigenvalue weighted by Crippen LogP contribution is 2.25. The van der Waals surface area contributed by atoms with Crippen molar-refractivity contribution < 1.29 is 14.6 Å². The van der Waals surface area contributed by atoms with E-state index in [2.05, 4.69) is 11.9 Å². The Balaban J connectivity index is 1.87. The molecule has 1 aliphatic heterocycles. The van der Waals surface area contributed by atoms with Crippen molar-refractivity contribution in [3.8, 4) is 11.5 Å². The van der Waals surface area contributed by atoms with Gasteiger partial charge in [-0.15, -0.1) is 0 Å². The molecule has 1 heterocycles. The smallest absolute Gasteiger partial charge is 0.125 e. The average Bonchev–Trinajstić information content (AvgIpc) is 2.49. The van der Waals surface area contributed by atoms with Crippen LogP contribution >= 0.6 is 0 Å². The highest BCUT2D eigenvalue weighted by Gasteiger charge is 2.18. The van der Waals surface area contributed by atoms with Gasteiger partial charge in [0.15, 0.2) is 0 Å². The Hall–Kier alpha value is -1.26. The van der Waals surface area contributed by atoms with Gasteiger partial charge in [-0.1, -0.05) is 6.42 Å². The number of aliphatic hydroxyl groups excluding tert-OH is 1. The van der Waals surface area contributed by atoms with Gasteiger partial charge in [0.05, 0.1) is 20.3 Å². The topological polar surface area (TPSA) is 41.9 Å². The molecule has 4 heteroatoms. The van der Waals surface area contributed by atoms with Crippen LogP contribution in [-0.4, -0.2) is 43.4 Å². The largest absolute Gasteiger partial charge is 0.497 e. The molecule has 20 heavy (non-hydrogen) atoms. The molecule has 1 aromatic rings. The van der Waals surface area contributed by atoms with Crippen LogP contribution in [-0.2, 0) is 6.61 Å². The minimum absolute atomic E-state index is 0.0319. The third-order valence-electron chi connectivity index (χ3n) is 4.07. The number of piperidine rings is 1. The van der Waals surface area contributed by atoms with Gasteiger partial charge in [0.2, 0.25) is 0 Å². The third-order valence-corrected chi connectivity index (χ3v) is 4.07. The van der Waals surface area contributed by atoms with Crippen molar-refractivity contribution in [1.29, 1.82) is 0 Å². The van der Waals surface area contributed by atoms with Gasteiger partial charge in [-0.05, 0) is 51.1 Å². The van der Waals surface area contributed by atoms with Crippen LogP contribution in [0.2, 0.25) is 0 Å². The predicted molar refractivity (Wildman–Crippen MR) is 79.3 cm³/mol. The summed E-state index contributed by atoms with van der Waals surface area (Å²) in [5, 5.41) is 9.38.